The maximum Gasteiger partial charge on any atom is 0.347 e. The van der Waals surface area contributed by atoms with Crippen molar-refractivity contribution in [1.29, 1.82) is 0 Å². The molecule has 0 aliphatic carbocycles. The quantitative estimate of drug-likeness (QED) is 0.650. The van der Waals surface area contributed by atoms with Crippen molar-refractivity contribution in [2.75, 3.05) is 19.7 Å². The molecule has 24 heavy (non-hydrogen) atoms. The van der Waals surface area contributed by atoms with Crippen LogP contribution in [0.5, 0.6) is 5.75 Å². The smallest absolute Gasteiger partial charge is 0.347 e. The van der Waals surface area contributed by atoms with Crippen molar-refractivity contribution in [2.24, 2.45) is 0 Å². The predicted octanol–water partition coefficient (Wildman–Crippen LogP) is 1.29. The van der Waals surface area contributed by atoms with Crippen LogP contribution in [-0.2, 0) is 19.1 Å². The topological polar surface area (TPSA) is 93.7 Å². The van der Waals surface area contributed by atoms with Crippen LogP contribution < -0.4 is 15.4 Å². The molecular formula is C16H21ClN2O5. The molecule has 1 atom stereocenters. The first-order chi connectivity index (χ1) is 11.4. The molecule has 132 valence electrons. The average Bonchev–Trinajstić information content (AvgIpc) is 2.57. The Hall–Kier alpha value is -2.28. The van der Waals surface area contributed by atoms with Gasteiger partial charge < -0.3 is 20.1 Å². The SMILES string of the molecule is CCCNC(=O)CNC(=O)COC(=O)[C@H](C)Oc1ccc(Cl)cc1. The van der Waals surface area contributed by atoms with E-state index in [1.807, 2.05) is 6.92 Å². The molecule has 0 aromatic heterocycles. The van der Waals surface area contributed by atoms with Crippen molar-refractivity contribution in [3.05, 3.63) is 29.3 Å². The molecule has 8 heteroatoms. The van der Waals surface area contributed by atoms with Crippen molar-refractivity contribution in [3.63, 3.8) is 0 Å². The van der Waals surface area contributed by atoms with E-state index < -0.39 is 24.6 Å². The Labute approximate surface area is 145 Å². The van der Waals surface area contributed by atoms with Crippen LogP contribution >= 0.6 is 11.6 Å². The van der Waals surface area contributed by atoms with Crippen LogP contribution in [0.1, 0.15) is 20.3 Å². The number of nitrogens with one attached hydrogen (secondary N) is 2. The Morgan fingerprint density at radius 1 is 1.12 bits per heavy atom. The Morgan fingerprint density at radius 2 is 1.79 bits per heavy atom. The molecule has 0 fully saturated rings. The van der Waals surface area contributed by atoms with Gasteiger partial charge in [0.2, 0.25) is 5.91 Å². The summed E-state index contributed by atoms with van der Waals surface area (Å²) in [6.45, 7) is 3.34. The van der Waals surface area contributed by atoms with Gasteiger partial charge in [0.25, 0.3) is 5.91 Å². The Morgan fingerprint density at radius 3 is 2.42 bits per heavy atom. The normalized spacial score (nSPS) is 11.3. The monoisotopic (exact) mass is 356 g/mol. The Bertz CT molecular complexity index is 562. The Balaban J connectivity index is 2.27. The molecule has 0 saturated carbocycles. The predicted molar refractivity (Wildman–Crippen MR) is 88.8 cm³/mol. The fraction of sp³-hybridized carbons (Fsp3) is 0.438. The molecule has 1 aromatic carbocycles. The molecule has 1 aromatic rings. The molecule has 0 heterocycles. The molecular weight excluding hydrogens is 336 g/mol. The maximum absolute atomic E-state index is 11.8. The second-order valence-electron chi connectivity index (χ2n) is 4.95. The highest BCUT2D eigenvalue weighted by Crippen LogP contribution is 2.17. The first-order valence-corrected chi connectivity index (χ1v) is 7.92. The summed E-state index contributed by atoms with van der Waals surface area (Å²) in [6, 6.07) is 6.50. The molecule has 0 aliphatic rings. The third-order valence-corrected chi connectivity index (χ3v) is 3.07. The Kier molecular flexibility index (Phi) is 8.64. The summed E-state index contributed by atoms with van der Waals surface area (Å²) in [4.78, 5) is 34.6. The van der Waals surface area contributed by atoms with Gasteiger partial charge in [-0.05, 0) is 37.6 Å². The van der Waals surface area contributed by atoms with E-state index in [1.54, 1.807) is 24.3 Å². The second-order valence-corrected chi connectivity index (χ2v) is 5.38. The lowest BCUT2D eigenvalue weighted by molar-refractivity contribution is -0.154. The number of benzene rings is 1. The van der Waals surface area contributed by atoms with Gasteiger partial charge in [-0.25, -0.2) is 4.79 Å². The zero-order chi connectivity index (χ0) is 17.9. The van der Waals surface area contributed by atoms with Crippen molar-refractivity contribution < 1.29 is 23.9 Å². The number of amides is 2. The molecule has 0 radical (unpaired) electrons. The van der Waals surface area contributed by atoms with E-state index >= 15 is 0 Å². The summed E-state index contributed by atoms with van der Waals surface area (Å²) in [5.41, 5.74) is 0. The lowest BCUT2D eigenvalue weighted by Gasteiger charge is -2.14. The molecule has 7 nitrogen and oxygen atoms in total. The van der Waals surface area contributed by atoms with Crippen LogP contribution in [0.2, 0.25) is 5.02 Å². The lowest BCUT2D eigenvalue weighted by Crippen LogP contribution is -2.39. The van der Waals surface area contributed by atoms with Crippen LogP contribution in [0.15, 0.2) is 24.3 Å². The highest BCUT2D eigenvalue weighted by atomic mass is 35.5. The van der Waals surface area contributed by atoms with Gasteiger partial charge in [0.05, 0.1) is 6.54 Å². The minimum Gasteiger partial charge on any atom is -0.479 e. The zero-order valence-corrected chi connectivity index (χ0v) is 14.4. The average molecular weight is 357 g/mol. The third kappa shape index (κ3) is 7.82. The van der Waals surface area contributed by atoms with Gasteiger partial charge in [-0.2, -0.15) is 0 Å². The summed E-state index contributed by atoms with van der Waals surface area (Å²) >= 11 is 5.76. The molecule has 0 bridgehead atoms. The minimum atomic E-state index is -0.883. The molecule has 2 amide bonds. The van der Waals surface area contributed by atoms with E-state index in [0.29, 0.717) is 17.3 Å². The van der Waals surface area contributed by atoms with Crippen LogP contribution in [0, 0.1) is 0 Å². The van der Waals surface area contributed by atoms with E-state index in [0.717, 1.165) is 6.42 Å². The lowest BCUT2D eigenvalue weighted by atomic mass is 10.3. The first kappa shape index (κ1) is 19.8. The third-order valence-electron chi connectivity index (χ3n) is 2.82. The van der Waals surface area contributed by atoms with E-state index in [2.05, 4.69) is 10.6 Å². The highest BCUT2D eigenvalue weighted by molar-refractivity contribution is 6.30. The van der Waals surface area contributed by atoms with Crippen LogP contribution in [0.4, 0.5) is 0 Å². The van der Waals surface area contributed by atoms with E-state index in [-0.39, 0.29) is 12.5 Å². The van der Waals surface area contributed by atoms with Gasteiger partial charge in [0.15, 0.2) is 12.7 Å². The summed E-state index contributed by atoms with van der Waals surface area (Å²) in [5.74, 6) is -1.08. The van der Waals surface area contributed by atoms with Crippen LogP contribution in [-0.4, -0.2) is 43.6 Å². The number of hydrogen-bond donors (Lipinski definition) is 2. The van der Waals surface area contributed by atoms with Crippen LogP contribution in [0.3, 0.4) is 0 Å². The summed E-state index contributed by atoms with van der Waals surface area (Å²) in [7, 11) is 0. The van der Waals surface area contributed by atoms with Gasteiger partial charge in [-0.15, -0.1) is 0 Å². The fourth-order valence-corrected chi connectivity index (χ4v) is 1.70. The second kappa shape index (κ2) is 10.5. The number of esters is 1. The van der Waals surface area contributed by atoms with Gasteiger partial charge in [0, 0.05) is 11.6 Å². The number of rotatable bonds is 9. The number of hydrogen-bond acceptors (Lipinski definition) is 5. The van der Waals surface area contributed by atoms with Gasteiger partial charge in [-0.1, -0.05) is 18.5 Å². The number of carbonyl (C=O) groups excluding carboxylic acids is 3. The molecule has 1 rings (SSSR count). The van der Waals surface area contributed by atoms with Gasteiger partial charge in [-0.3, -0.25) is 9.59 Å². The summed E-state index contributed by atoms with van der Waals surface area (Å²) < 4.78 is 10.2. The molecule has 2 N–H and O–H groups in total. The van der Waals surface area contributed by atoms with Crippen molar-refractivity contribution in [3.8, 4) is 5.75 Å². The zero-order valence-electron chi connectivity index (χ0n) is 13.6. The van der Waals surface area contributed by atoms with E-state index in [9.17, 15) is 14.4 Å². The number of halogens is 1. The summed E-state index contributed by atoms with van der Waals surface area (Å²) in [6.07, 6.45) is -0.0742. The van der Waals surface area contributed by atoms with Crippen molar-refractivity contribution >= 4 is 29.4 Å². The largest absolute Gasteiger partial charge is 0.479 e. The molecule has 0 saturated heterocycles. The fourth-order valence-electron chi connectivity index (χ4n) is 1.58. The molecule has 0 spiro atoms. The van der Waals surface area contributed by atoms with Crippen molar-refractivity contribution in [2.45, 2.75) is 26.4 Å². The van der Waals surface area contributed by atoms with E-state index in [1.165, 1.54) is 6.92 Å². The number of carbonyl (C=O) groups is 3. The number of ether oxygens (including phenoxy) is 2. The van der Waals surface area contributed by atoms with Crippen molar-refractivity contribution in [1.82, 2.24) is 10.6 Å². The van der Waals surface area contributed by atoms with Gasteiger partial charge in [0.1, 0.15) is 5.75 Å². The highest BCUT2D eigenvalue weighted by Gasteiger charge is 2.18. The molecule has 0 aliphatic heterocycles. The maximum atomic E-state index is 11.8. The summed E-state index contributed by atoms with van der Waals surface area (Å²) in [5, 5.41) is 5.52. The first-order valence-electron chi connectivity index (χ1n) is 7.54. The van der Waals surface area contributed by atoms with E-state index in [4.69, 9.17) is 21.1 Å². The van der Waals surface area contributed by atoms with Crippen LogP contribution in [0.25, 0.3) is 0 Å². The standard InChI is InChI=1S/C16H21ClN2O5/c1-3-8-18-14(20)9-19-15(21)10-23-16(22)11(2)24-13-6-4-12(17)5-7-13/h4-7,11H,3,8-10H2,1-2H3,(H,18,20)(H,19,21)/t11-/m0/s1. The van der Waals surface area contributed by atoms with Gasteiger partial charge >= 0.3 is 5.97 Å². The minimum absolute atomic E-state index is 0.160. The molecule has 0 unspecified atom stereocenters.